The van der Waals surface area contributed by atoms with E-state index in [0.29, 0.717) is 6.04 Å². The fourth-order valence-corrected chi connectivity index (χ4v) is 2.53. The van der Waals surface area contributed by atoms with Crippen LogP contribution in [0.1, 0.15) is 30.5 Å². The molecule has 0 aliphatic carbocycles. The Bertz CT molecular complexity index is 436. The van der Waals surface area contributed by atoms with Crippen molar-refractivity contribution in [1.82, 2.24) is 10.2 Å². The molecular weight excluding hydrogens is 222 g/mol. The van der Waals surface area contributed by atoms with E-state index < -0.39 is 0 Å². The second kappa shape index (κ2) is 5.99. The van der Waals surface area contributed by atoms with Gasteiger partial charge in [0.25, 0.3) is 0 Å². The Morgan fingerprint density at radius 2 is 2.39 bits per heavy atom. The van der Waals surface area contributed by atoms with Crippen molar-refractivity contribution in [2.75, 3.05) is 26.7 Å². The molecule has 1 fully saturated rings. The largest absolute Gasteiger partial charge is 0.310 e. The molecular formula is C15H21N3. The third-order valence-corrected chi connectivity index (χ3v) is 3.72. The quantitative estimate of drug-likeness (QED) is 0.881. The Morgan fingerprint density at radius 1 is 1.56 bits per heavy atom. The molecule has 0 spiro atoms. The zero-order valence-corrected chi connectivity index (χ0v) is 11.2. The maximum Gasteiger partial charge on any atom is 0.0991 e. The van der Waals surface area contributed by atoms with Gasteiger partial charge >= 0.3 is 0 Å². The molecule has 1 aromatic carbocycles. The molecule has 0 amide bonds. The van der Waals surface area contributed by atoms with Crippen LogP contribution in [0, 0.1) is 17.2 Å². The minimum absolute atomic E-state index is 0.309. The van der Waals surface area contributed by atoms with Gasteiger partial charge in [0, 0.05) is 12.6 Å². The number of hydrogen-bond donors (Lipinski definition) is 1. The third-order valence-electron chi connectivity index (χ3n) is 3.72. The summed E-state index contributed by atoms with van der Waals surface area (Å²) >= 11 is 0. The number of likely N-dealkylation sites (tertiary alicyclic amines) is 1. The summed E-state index contributed by atoms with van der Waals surface area (Å²) in [4.78, 5) is 2.38. The lowest BCUT2D eigenvalue weighted by molar-refractivity contribution is 0.382. The van der Waals surface area contributed by atoms with E-state index in [-0.39, 0.29) is 0 Å². The van der Waals surface area contributed by atoms with Crippen molar-refractivity contribution in [3.05, 3.63) is 35.4 Å². The van der Waals surface area contributed by atoms with Crippen LogP contribution < -0.4 is 5.32 Å². The highest BCUT2D eigenvalue weighted by atomic mass is 15.1. The Labute approximate surface area is 109 Å². The fourth-order valence-electron chi connectivity index (χ4n) is 2.53. The molecule has 2 rings (SSSR count). The minimum atomic E-state index is 0.309. The molecule has 96 valence electrons. The predicted molar refractivity (Wildman–Crippen MR) is 73.2 cm³/mol. The van der Waals surface area contributed by atoms with E-state index in [2.05, 4.69) is 36.3 Å². The summed E-state index contributed by atoms with van der Waals surface area (Å²) in [5, 5.41) is 12.5. The van der Waals surface area contributed by atoms with Crippen molar-refractivity contribution >= 4 is 0 Å². The summed E-state index contributed by atoms with van der Waals surface area (Å²) < 4.78 is 0. The minimum Gasteiger partial charge on any atom is -0.310 e. The van der Waals surface area contributed by atoms with Crippen LogP contribution in [0.3, 0.4) is 0 Å². The van der Waals surface area contributed by atoms with Gasteiger partial charge in [-0.2, -0.15) is 5.26 Å². The van der Waals surface area contributed by atoms with E-state index in [9.17, 15) is 0 Å². The highest BCUT2D eigenvalue weighted by Crippen LogP contribution is 2.17. The Kier molecular flexibility index (Phi) is 4.35. The molecule has 1 aliphatic heterocycles. The van der Waals surface area contributed by atoms with E-state index >= 15 is 0 Å². The summed E-state index contributed by atoms with van der Waals surface area (Å²) in [6.45, 7) is 5.63. The van der Waals surface area contributed by atoms with E-state index in [1.807, 2.05) is 18.2 Å². The van der Waals surface area contributed by atoms with Crippen molar-refractivity contribution in [3.8, 4) is 6.07 Å². The van der Waals surface area contributed by atoms with E-state index in [1.54, 1.807) is 0 Å². The van der Waals surface area contributed by atoms with Gasteiger partial charge in [-0.05, 0) is 57.1 Å². The molecule has 3 heteroatoms. The third kappa shape index (κ3) is 3.32. The van der Waals surface area contributed by atoms with Crippen LogP contribution in [-0.4, -0.2) is 31.6 Å². The average Bonchev–Trinajstić information content (AvgIpc) is 2.82. The van der Waals surface area contributed by atoms with Gasteiger partial charge in [0.1, 0.15) is 0 Å². The van der Waals surface area contributed by atoms with Gasteiger partial charge in [0.05, 0.1) is 11.6 Å². The molecule has 3 nitrogen and oxygen atoms in total. The summed E-state index contributed by atoms with van der Waals surface area (Å²) in [6.07, 6.45) is 1.29. The standard InChI is InChI=1S/C15H21N3/c1-12(15-5-3-4-13(8-15)9-16)17-10-14-6-7-18(2)11-14/h3-5,8,12,14,17H,6-7,10-11H2,1-2H3. The molecule has 2 atom stereocenters. The van der Waals surface area contributed by atoms with Crippen molar-refractivity contribution in [2.45, 2.75) is 19.4 Å². The van der Waals surface area contributed by atoms with Crippen molar-refractivity contribution in [1.29, 1.82) is 5.26 Å². The average molecular weight is 243 g/mol. The highest BCUT2D eigenvalue weighted by molar-refractivity contribution is 5.33. The Hall–Kier alpha value is -1.37. The summed E-state index contributed by atoms with van der Waals surface area (Å²) in [5.74, 6) is 0.761. The molecule has 1 aromatic rings. The number of nitriles is 1. The second-order valence-corrected chi connectivity index (χ2v) is 5.28. The number of nitrogens with one attached hydrogen (secondary N) is 1. The van der Waals surface area contributed by atoms with Crippen LogP contribution in [0.4, 0.5) is 0 Å². The maximum absolute atomic E-state index is 8.90. The Balaban J connectivity index is 1.87. The van der Waals surface area contributed by atoms with Crippen molar-refractivity contribution in [3.63, 3.8) is 0 Å². The smallest absolute Gasteiger partial charge is 0.0991 e. The van der Waals surface area contributed by atoms with Gasteiger partial charge in [-0.15, -0.1) is 0 Å². The predicted octanol–water partition coefficient (Wildman–Crippen LogP) is 2.16. The van der Waals surface area contributed by atoms with Crippen molar-refractivity contribution in [2.24, 2.45) is 5.92 Å². The van der Waals surface area contributed by atoms with Gasteiger partial charge < -0.3 is 10.2 Å². The summed E-state index contributed by atoms with van der Waals surface area (Å²) in [6, 6.07) is 10.4. The summed E-state index contributed by atoms with van der Waals surface area (Å²) in [7, 11) is 2.18. The molecule has 1 aliphatic rings. The second-order valence-electron chi connectivity index (χ2n) is 5.28. The van der Waals surface area contributed by atoms with Gasteiger partial charge in [-0.25, -0.2) is 0 Å². The number of rotatable bonds is 4. The number of nitrogens with zero attached hydrogens (tertiary/aromatic N) is 2. The number of hydrogen-bond acceptors (Lipinski definition) is 3. The molecule has 18 heavy (non-hydrogen) atoms. The highest BCUT2D eigenvalue weighted by Gasteiger charge is 2.19. The van der Waals surface area contributed by atoms with E-state index in [4.69, 9.17) is 5.26 Å². The molecule has 0 saturated carbocycles. The van der Waals surface area contributed by atoms with Gasteiger partial charge in [0.2, 0.25) is 0 Å². The van der Waals surface area contributed by atoms with Crippen LogP contribution in [0.5, 0.6) is 0 Å². The first-order valence-corrected chi connectivity index (χ1v) is 6.61. The zero-order valence-electron chi connectivity index (χ0n) is 11.2. The molecule has 0 aromatic heterocycles. The Morgan fingerprint density at radius 3 is 3.06 bits per heavy atom. The first kappa shape index (κ1) is 13.1. The lowest BCUT2D eigenvalue weighted by atomic mass is 10.0. The zero-order chi connectivity index (χ0) is 13.0. The van der Waals surface area contributed by atoms with Crippen LogP contribution in [-0.2, 0) is 0 Å². The lowest BCUT2D eigenvalue weighted by Crippen LogP contribution is -2.27. The van der Waals surface area contributed by atoms with Crippen LogP contribution in [0.15, 0.2) is 24.3 Å². The fraction of sp³-hybridized carbons (Fsp3) is 0.533. The lowest BCUT2D eigenvalue weighted by Gasteiger charge is -2.17. The van der Waals surface area contributed by atoms with Crippen LogP contribution in [0.25, 0.3) is 0 Å². The van der Waals surface area contributed by atoms with Gasteiger partial charge in [0.15, 0.2) is 0 Å². The van der Waals surface area contributed by atoms with Crippen LogP contribution >= 0.6 is 0 Å². The summed E-state index contributed by atoms with van der Waals surface area (Å²) in [5.41, 5.74) is 1.93. The first-order chi connectivity index (χ1) is 8.69. The number of benzene rings is 1. The van der Waals surface area contributed by atoms with Crippen molar-refractivity contribution < 1.29 is 0 Å². The van der Waals surface area contributed by atoms with E-state index in [0.717, 1.165) is 18.0 Å². The molecule has 0 radical (unpaired) electrons. The molecule has 2 unspecified atom stereocenters. The molecule has 1 N–H and O–H groups in total. The van der Waals surface area contributed by atoms with Gasteiger partial charge in [-0.1, -0.05) is 12.1 Å². The molecule has 1 heterocycles. The maximum atomic E-state index is 8.90. The normalized spacial score (nSPS) is 21.7. The van der Waals surface area contributed by atoms with Crippen LogP contribution in [0.2, 0.25) is 0 Å². The molecule has 0 bridgehead atoms. The first-order valence-electron chi connectivity index (χ1n) is 6.61. The SMILES string of the molecule is CC(NCC1CCN(C)C1)c1cccc(C#N)c1. The van der Waals surface area contributed by atoms with E-state index in [1.165, 1.54) is 25.1 Å². The molecule has 1 saturated heterocycles. The topological polar surface area (TPSA) is 39.1 Å². The monoisotopic (exact) mass is 243 g/mol. The van der Waals surface area contributed by atoms with Gasteiger partial charge in [-0.3, -0.25) is 0 Å².